The van der Waals surface area contributed by atoms with Crippen LogP contribution in [0.1, 0.15) is 16.9 Å². The maximum atomic E-state index is 11.0. The van der Waals surface area contributed by atoms with Crippen molar-refractivity contribution in [2.75, 3.05) is 41.9 Å². The second kappa shape index (κ2) is 12.7. The second-order valence-electron chi connectivity index (χ2n) is 8.82. The van der Waals surface area contributed by atoms with E-state index in [-0.39, 0.29) is 29.1 Å². The summed E-state index contributed by atoms with van der Waals surface area (Å²) in [6.07, 6.45) is 1.47. The van der Waals surface area contributed by atoms with E-state index in [4.69, 9.17) is 20.8 Å². The normalized spacial score (nSPS) is 13.2. The van der Waals surface area contributed by atoms with E-state index in [1.54, 1.807) is 18.2 Å². The molecular formula is C26H26Cl2N8O4. The van der Waals surface area contributed by atoms with E-state index in [0.717, 1.165) is 16.8 Å². The summed E-state index contributed by atoms with van der Waals surface area (Å²) >= 11 is 6.22. The van der Waals surface area contributed by atoms with Gasteiger partial charge in [0.25, 0.3) is 5.69 Å². The number of halogens is 2. The van der Waals surface area contributed by atoms with Crippen LogP contribution in [0.4, 0.5) is 29.2 Å². The number of morpholine rings is 1. The fourth-order valence-electron chi connectivity index (χ4n) is 3.90. The zero-order chi connectivity index (χ0) is 27.4. The number of furan rings is 1. The second-order valence-corrected chi connectivity index (χ2v) is 9.23. The number of aromatic nitrogens is 3. The topological polar surface area (TPSA) is 144 Å². The Balaban J connectivity index is 0.00000370. The molecule has 12 nitrogen and oxygen atoms in total. The Hall–Kier alpha value is -4.26. The Kier molecular flexibility index (Phi) is 9.15. The molecule has 5 rings (SSSR count). The minimum atomic E-state index is -0.504. The summed E-state index contributed by atoms with van der Waals surface area (Å²) in [6, 6.07) is 13.7. The molecule has 1 saturated heterocycles. The highest BCUT2D eigenvalue weighted by molar-refractivity contribution is 6.33. The van der Waals surface area contributed by atoms with Crippen molar-refractivity contribution in [3.05, 3.63) is 80.6 Å². The number of hydrogen-bond acceptors (Lipinski definition) is 11. The SMILES string of the molecule is Cc1ccc(C)c(Nc2nc(NN=Cc3ccc(-c4ccc([N+](=O)[O-])cc4Cl)o3)nc(N3CCOCC3)n2)c1.Cl. The zero-order valence-electron chi connectivity index (χ0n) is 21.6. The van der Waals surface area contributed by atoms with Gasteiger partial charge in [-0.1, -0.05) is 23.7 Å². The van der Waals surface area contributed by atoms with Crippen LogP contribution >= 0.6 is 24.0 Å². The molecule has 40 heavy (non-hydrogen) atoms. The van der Waals surface area contributed by atoms with Gasteiger partial charge in [-0.25, -0.2) is 5.43 Å². The minimum absolute atomic E-state index is 0. The number of hydrogen-bond donors (Lipinski definition) is 2. The Bertz CT molecular complexity index is 1540. The van der Waals surface area contributed by atoms with E-state index >= 15 is 0 Å². The van der Waals surface area contributed by atoms with Gasteiger partial charge in [-0.05, 0) is 49.2 Å². The zero-order valence-corrected chi connectivity index (χ0v) is 23.2. The molecule has 1 aliphatic rings. The number of nitrogens with zero attached hydrogens (tertiary/aromatic N) is 6. The van der Waals surface area contributed by atoms with Gasteiger partial charge in [-0.15, -0.1) is 12.4 Å². The van der Waals surface area contributed by atoms with Gasteiger partial charge in [0.05, 0.1) is 29.4 Å². The van der Waals surface area contributed by atoms with Crippen LogP contribution < -0.4 is 15.6 Å². The number of nitrogens with one attached hydrogen (secondary N) is 2. The van der Waals surface area contributed by atoms with E-state index in [2.05, 4.69) is 30.8 Å². The van der Waals surface area contributed by atoms with Crippen LogP contribution in [0.15, 0.2) is 58.0 Å². The summed E-state index contributed by atoms with van der Waals surface area (Å²) < 4.78 is 11.3. The molecule has 0 radical (unpaired) electrons. The first-order valence-corrected chi connectivity index (χ1v) is 12.5. The van der Waals surface area contributed by atoms with Crippen molar-refractivity contribution in [3.63, 3.8) is 0 Å². The molecule has 0 aliphatic carbocycles. The molecule has 3 heterocycles. The van der Waals surface area contributed by atoms with Gasteiger partial charge in [0.2, 0.25) is 17.8 Å². The van der Waals surface area contributed by atoms with E-state index in [0.29, 0.717) is 55.3 Å². The van der Waals surface area contributed by atoms with Crippen LogP contribution in [0.2, 0.25) is 5.02 Å². The fourth-order valence-corrected chi connectivity index (χ4v) is 4.17. The smallest absolute Gasteiger partial charge is 0.270 e. The van der Waals surface area contributed by atoms with Gasteiger partial charge in [0.15, 0.2) is 0 Å². The molecule has 208 valence electrons. The Morgan fingerprint density at radius 1 is 1.05 bits per heavy atom. The fraction of sp³-hybridized carbons (Fsp3) is 0.231. The average Bonchev–Trinajstić information content (AvgIpc) is 3.39. The van der Waals surface area contributed by atoms with Gasteiger partial charge < -0.3 is 19.4 Å². The molecular weight excluding hydrogens is 559 g/mol. The van der Waals surface area contributed by atoms with Crippen molar-refractivity contribution < 1.29 is 14.1 Å². The monoisotopic (exact) mass is 584 g/mol. The van der Waals surface area contributed by atoms with Gasteiger partial charge in [-0.3, -0.25) is 10.1 Å². The third kappa shape index (κ3) is 6.84. The van der Waals surface area contributed by atoms with Crippen LogP contribution in [-0.2, 0) is 4.74 Å². The largest absolute Gasteiger partial charge is 0.455 e. The summed E-state index contributed by atoms with van der Waals surface area (Å²) in [6.45, 7) is 6.54. The van der Waals surface area contributed by atoms with Crippen molar-refractivity contribution in [3.8, 4) is 11.3 Å². The molecule has 4 aromatic rings. The Morgan fingerprint density at radius 3 is 2.58 bits per heavy atom. The number of benzene rings is 2. The van der Waals surface area contributed by atoms with Crippen LogP contribution in [-0.4, -0.2) is 52.4 Å². The standard InChI is InChI=1S/C26H25ClN8O4.ClH/c1-16-3-4-17(2)22(13-16)29-24-30-25(32-26(31-24)34-9-11-38-12-10-34)33-28-15-19-6-8-23(39-19)20-7-5-18(35(36)37)14-21(20)27;/h3-8,13-15H,9-12H2,1-2H3,(H2,29,30,31,32,33);1H. The highest BCUT2D eigenvalue weighted by Crippen LogP contribution is 2.32. The van der Waals surface area contributed by atoms with Crippen LogP contribution in [0.3, 0.4) is 0 Å². The lowest BCUT2D eigenvalue weighted by atomic mass is 10.1. The summed E-state index contributed by atoms with van der Waals surface area (Å²) in [5.41, 5.74) is 6.36. The summed E-state index contributed by atoms with van der Waals surface area (Å²) in [4.78, 5) is 26.1. The highest BCUT2D eigenvalue weighted by atomic mass is 35.5. The van der Waals surface area contributed by atoms with E-state index in [1.807, 2.05) is 36.9 Å². The molecule has 1 fully saturated rings. The molecule has 0 unspecified atom stereocenters. The van der Waals surface area contributed by atoms with Crippen LogP contribution in [0.25, 0.3) is 11.3 Å². The molecule has 1 aliphatic heterocycles. The molecule has 0 amide bonds. The first-order chi connectivity index (χ1) is 18.9. The lowest BCUT2D eigenvalue weighted by Gasteiger charge is -2.27. The quantitative estimate of drug-likeness (QED) is 0.149. The molecule has 2 aromatic carbocycles. The molecule has 2 N–H and O–H groups in total. The lowest BCUT2D eigenvalue weighted by Crippen LogP contribution is -2.37. The third-order valence-electron chi connectivity index (χ3n) is 5.97. The number of ether oxygens (including phenoxy) is 1. The van der Waals surface area contributed by atoms with Crippen molar-refractivity contribution >= 4 is 59.4 Å². The van der Waals surface area contributed by atoms with E-state index < -0.39 is 4.92 Å². The lowest BCUT2D eigenvalue weighted by molar-refractivity contribution is -0.384. The molecule has 0 atom stereocenters. The first-order valence-electron chi connectivity index (χ1n) is 12.1. The third-order valence-corrected chi connectivity index (χ3v) is 6.28. The van der Waals surface area contributed by atoms with Crippen molar-refractivity contribution in [1.82, 2.24) is 15.0 Å². The maximum absolute atomic E-state index is 11.0. The van der Waals surface area contributed by atoms with Gasteiger partial charge >= 0.3 is 0 Å². The van der Waals surface area contributed by atoms with Gasteiger partial charge in [0, 0.05) is 36.5 Å². The summed E-state index contributed by atoms with van der Waals surface area (Å²) in [5.74, 6) is 2.02. The molecule has 0 spiro atoms. The average molecular weight is 585 g/mol. The maximum Gasteiger partial charge on any atom is 0.270 e. The predicted octanol–water partition coefficient (Wildman–Crippen LogP) is 5.76. The van der Waals surface area contributed by atoms with Crippen LogP contribution in [0, 0.1) is 24.0 Å². The molecule has 2 aromatic heterocycles. The first kappa shape index (κ1) is 28.7. The van der Waals surface area contributed by atoms with E-state index in [1.165, 1.54) is 18.3 Å². The highest BCUT2D eigenvalue weighted by Gasteiger charge is 2.17. The summed E-state index contributed by atoms with van der Waals surface area (Å²) in [7, 11) is 0. The minimum Gasteiger partial charge on any atom is -0.455 e. The van der Waals surface area contributed by atoms with Crippen molar-refractivity contribution in [1.29, 1.82) is 0 Å². The number of nitro benzene ring substituents is 1. The number of aryl methyl sites for hydroxylation is 2. The number of non-ortho nitro benzene ring substituents is 1. The molecule has 0 bridgehead atoms. The van der Waals surface area contributed by atoms with E-state index in [9.17, 15) is 10.1 Å². The van der Waals surface area contributed by atoms with Crippen LogP contribution in [0.5, 0.6) is 0 Å². The predicted molar refractivity (Wildman–Crippen MR) is 156 cm³/mol. The van der Waals surface area contributed by atoms with Crippen molar-refractivity contribution in [2.24, 2.45) is 5.10 Å². The Labute approximate surface area is 241 Å². The number of anilines is 4. The number of hydrazone groups is 1. The van der Waals surface area contributed by atoms with Gasteiger partial charge in [-0.2, -0.15) is 20.1 Å². The Morgan fingerprint density at radius 2 is 1.82 bits per heavy atom. The molecule has 14 heteroatoms. The van der Waals surface area contributed by atoms with Crippen molar-refractivity contribution in [2.45, 2.75) is 13.8 Å². The number of rotatable bonds is 8. The summed E-state index contributed by atoms with van der Waals surface area (Å²) in [5, 5.41) is 18.7. The molecule has 0 saturated carbocycles. The number of nitro groups is 1. The van der Waals surface area contributed by atoms with Gasteiger partial charge in [0.1, 0.15) is 11.5 Å².